The highest BCUT2D eigenvalue weighted by Crippen LogP contribution is 2.42. The molecule has 0 spiro atoms. The van der Waals surface area contributed by atoms with Crippen LogP contribution in [-0.2, 0) is 9.59 Å². The number of carbonyl (C=O) groups excluding carboxylic acids is 2. The van der Waals surface area contributed by atoms with E-state index >= 15 is 0 Å². The Kier molecular flexibility index (Phi) is 5.44. The Morgan fingerprint density at radius 1 is 1.06 bits per heavy atom. The van der Waals surface area contributed by atoms with Crippen LogP contribution in [0, 0.1) is 13.8 Å². The molecule has 0 unspecified atom stereocenters. The van der Waals surface area contributed by atoms with Gasteiger partial charge in [-0.15, -0.1) is 0 Å². The number of ether oxygens (including phenoxy) is 2. The molecular formula is C24H22N2O6. The van der Waals surface area contributed by atoms with Gasteiger partial charge in [0.1, 0.15) is 23.0 Å². The van der Waals surface area contributed by atoms with Crippen molar-refractivity contribution in [3.8, 4) is 11.5 Å². The summed E-state index contributed by atoms with van der Waals surface area (Å²) in [5, 5.41) is 15.1. The van der Waals surface area contributed by atoms with E-state index in [0.29, 0.717) is 28.4 Å². The van der Waals surface area contributed by atoms with Crippen molar-refractivity contribution in [2.45, 2.75) is 19.9 Å². The molecule has 3 aromatic rings. The van der Waals surface area contributed by atoms with Crippen LogP contribution in [0.3, 0.4) is 0 Å². The highest BCUT2D eigenvalue weighted by molar-refractivity contribution is 6.51. The number of aliphatic hydroxyl groups is 1. The third kappa shape index (κ3) is 3.49. The first-order valence-electron chi connectivity index (χ1n) is 9.89. The van der Waals surface area contributed by atoms with Crippen LogP contribution in [0.2, 0.25) is 0 Å². The van der Waals surface area contributed by atoms with Gasteiger partial charge in [0.25, 0.3) is 5.78 Å². The highest BCUT2D eigenvalue weighted by Gasteiger charge is 2.48. The molecule has 2 heterocycles. The monoisotopic (exact) mass is 434 g/mol. The molecule has 1 fully saturated rings. The van der Waals surface area contributed by atoms with Gasteiger partial charge >= 0.3 is 5.91 Å². The molecule has 8 nitrogen and oxygen atoms in total. The van der Waals surface area contributed by atoms with Gasteiger partial charge in [-0.05, 0) is 55.3 Å². The number of methoxy groups -OCH3 is 2. The van der Waals surface area contributed by atoms with E-state index in [1.165, 1.54) is 12.0 Å². The first kappa shape index (κ1) is 21.2. The summed E-state index contributed by atoms with van der Waals surface area (Å²) in [4.78, 5) is 27.4. The van der Waals surface area contributed by atoms with E-state index in [4.69, 9.17) is 14.0 Å². The predicted molar refractivity (Wildman–Crippen MR) is 117 cm³/mol. The number of anilines is 1. The fourth-order valence-corrected chi connectivity index (χ4v) is 3.84. The minimum atomic E-state index is -0.919. The summed E-state index contributed by atoms with van der Waals surface area (Å²) in [7, 11) is 3.08. The van der Waals surface area contributed by atoms with Crippen molar-refractivity contribution in [1.82, 2.24) is 5.16 Å². The van der Waals surface area contributed by atoms with Crippen LogP contribution in [0.15, 0.2) is 58.6 Å². The second kappa shape index (κ2) is 8.22. The Balaban J connectivity index is 1.94. The predicted octanol–water partition coefficient (Wildman–Crippen LogP) is 3.93. The van der Waals surface area contributed by atoms with Gasteiger partial charge in [0.2, 0.25) is 0 Å². The normalized spacial score (nSPS) is 17.6. The van der Waals surface area contributed by atoms with Crippen LogP contribution in [0.4, 0.5) is 5.82 Å². The average molecular weight is 434 g/mol. The molecule has 1 aliphatic heterocycles. The Morgan fingerprint density at radius 2 is 1.84 bits per heavy atom. The summed E-state index contributed by atoms with van der Waals surface area (Å²) in [6.07, 6.45) is 0. The number of nitrogens with zero attached hydrogens (tertiary/aromatic N) is 2. The zero-order valence-electron chi connectivity index (χ0n) is 18.1. The Labute approximate surface area is 184 Å². The first-order chi connectivity index (χ1) is 15.3. The van der Waals surface area contributed by atoms with Gasteiger partial charge in [0.05, 0.1) is 25.8 Å². The van der Waals surface area contributed by atoms with Crippen LogP contribution in [0.1, 0.15) is 28.5 Å². The largest absolute Gasteiger partial charge is 0.507 e. The van der Waals surface area contributed by atoms with Gasteiger partial charge in [-0.1, -0.05) is 17.3 Å². The van der Waals surface area contributed by atoms with E-state index in [2.05, 4.69) is 5.16 Å². The number of benzene rings is 2. The van der Waals surface area contributed by atoms with Gasteiger partial charge in [0.15, 0.2) is 5.82 Å². The molecule has 0 saturated carbocycles. The number of rotatable bonds is 5. The SMILES string of the molecule is COc1cccc([C@H]2C(=C(O)c3ccc(OC)c(C)c3)C(=O)C(=O)N2c2cc(C)on2)c1. The molecule has 4 rings (SSSR count). The molecule has 2 aromatic carbocycles. The number of hydrogen-bond acceptors (Lipinski definition) is 7. The minimum absolute atomic E-state index is 0.0477. The van der Waals surface area contributed by atoms with E-state index in [9.17, 15) is 14.7 Å². The van der Waals surface area contributed by atoms with Crippen LogP contribution in [-0.4, -0.2) is 36.2 Å². The summed E-state index contributed by atoms with van der Waals surface area (Å²) in [6.45, 7) is 3.51. The van der Waals surface area contributed by atoms with Crippen molar-refractivity contribution in [2.75, 3.05) is 19.1 Å². The topological polar surface area (TPSA) is 102 Å². The molecule has 0 aliphatic carbocycles. The standard InChI is InChI=1S/C24H22N2O6/c1-13-10-16(8-9-18(13)31-4)22(27)20-21(15-6-5-7-17(12-15)30-3)26(24(29)23(20)28)19-11-14(2)32-25-19/h5-12,21,27H,1-4H3/t21-/m0/s1. The fourth-order valence-electron chi connectivity index (χ4n) is 3.84. The van der Waals surface area contributed by atoms with E-state index in [-0.39, 0.29) is 17.2 Å². The zero-order valence-corrected chi connectivity index (χ0v) is 18.1. The molecule has 1 saturated heterocycles. The van der Waals surface area contributed by atoms with Crippen molar-refractivity contribution >= 4 is 23.3 Å². The third-order valence-corrected chi connectivity index (χ3v) is 5.38. The van der Waals surface area contributed by atoms with Crippen molar-refractivity contribution in [2.24, 2.45) is 0 Å². The molecule has 32 heavy (non-hydrogen) atoms. The lowest BCUT2D eigenvalue weighted by molar-refractivity contribution is -0.132. The molecule has 1 aliphatic rings. The lowest BCUT2D eigenvalue weighted by Gasteiger charge is -2.23. The van der Waals surface area contributed by atoms with Gasteiger partial charge in [-0.25, -0.2) is 0 Å². The van der Waals surface area contributed by atoms with Gasteiger partial charge in [-0.2, -0.15) is 0 Å². The van der Waals surface area contributed by atoms with Gasteiger partial charge < -0.3 is 19.1 Å². The number of Topliss-reactive ketones (excluding diaryl/α,β-unsaturated/α-hetero) is 1. The molecular weight excluding hydrogens is 412 g/mol. The fraction of sp³-hybridized carbons (Fsp3) is 0.208. The summed E-state index contributed by atoms with van der Waals surface area (Å²) in [6, 6.07) is 12.6. The van der Waals surface area contributed by atoms with E-state index < -0.39 is 17.7 Å². The second-order valence-electron chi connectivity index (χ2n) is 7.43. The van der Waals surface area contributed by atoms with Crippen LogP contribution in [0.25, 0.3) is 5.76 Å². The number of aryl methyl sites for hydroxylation is 2. The quantitative estimate of drug-likeness (QED) is 0.369. The zero-order chi connectivity index (χ0) is 23.0. The average Bonchev–Trinajstić information content (AvgIpc) is 3.33. The maximum atomic E-state index is 13.1. The van der Waals surface area contributed by atoms with Gasteiger partial charge in [-0.3, -0.25) is 14.5 Å². The van der Waals surface area contributed by atoms with Crippen molar-refractivity contribution in [1.29, 1.82) is 0 Å². The Hall–Kier alpha value is -4.07. The molecule has 0 radical (unpaired) electrons. The maximum Gasteiger partial charge on any atom is 0.301 e. The number of amides is 1. The maximum absolute atomic E-state index is 13.1. The first-order valence-corrected chi connectivity index (χ1v) is 9.89. The van der Waals surface area contributed by atoms with Crippen molar-refractivity contribution < 1.29 is 28.7 Å². The molecule has 164 valence electrons. The van der Waals surface area contributed by atoms with Crippen LogP contribution < -0.4 is 14.4 Å². The Bertz CT molecular complexity index is 1240. The van der Waals surface area contributed by atoms with Crippen LogP contribution >= 0.6 is 0 Å². The number of carbonyl (C=O) groups is 2. The Morgan fingerprint density at radius 3 is 2.47 bits per heavy atom. The molecule has 1 N–H and O–H groups in total. The smallest absolute Gasteiger partial charge is 0.301 e. The molecule has 1 amide bonds. The van der Waals surface area contributed by atoms with Crippen LogP contribution in [0.5, 0.6) is 11.5 Å². The van der Waals surface area contributed by atoms with E-state index in [1.807, 2.05) is 6.92 Å². The molecule has 1 atom stereocenters. The third-order valence-electron chi connectivity index (χ3n) is 5.38. The summed E-state index contributed by atoms with van der Waals surface area (Å²) >= 11 is 0. The lowest BCUT2D eigenvalue weighted by atomic mass is 9.94. The number of hydrogen-bond donors (Lipinski definition) is 1. The van der Waals surface area contributed by atoms with Crippen molar-refractivity contribution in [3.05, 3.63) is 76.6 Å². The summed E-state index contributed by atoms with van der Waals surface area (Å²) in [5.74, 6) is -0.0550. The van der Waals surface area contributed by atoms with Gasteiger partial charge in [0, 0.05) is 11.6 Å². The molecule has 0 bridgehead atoms. The lowest BCUT2D eigenvalue weighted by Crippen LogP contribution is -2.29. The molecule has 1 aromatic heterocycles. The summed E-state index contributed by atoms with van der Waals surface area (Å²) in [5.41, 5.74) is 1.70. The number of aromatic nitrogens is 1. The number of aliphatic hydroxyl groups excluding tert-OH is 1. The van der Waals surface area contributed by atoms with Crippen molar-refractivity contribution in [3.63, 3.8) is 0 Å². The van der Waals surface area contributed by atoms with E-state index in [1.54, 1.807) is 62.6 Å². The molecule has 8 heteroatoms. The number of ketones is 1. The van der Waals surface area contributed by atoms with E-state index in [0.717, 1.165) is 5.56 Å². The highest BCUT2D eigenvalue weighted by atomic mass is 16.5. The summed E-state index contributed by atoms with van der Waals surface area (Å²) < 4.78 is 15.7. The minimum Gasteiger partial charge on any atom is -0.507 e. The second-order valence-corrected chi connectivity index (χ2v) is 7.43.